The van der Waals surface area contributed by atoms with Crippen molar-refractivity contribution >= 4 is 17.2 Å². The molecule has 1 aromatic heterocycles. The second-order valence-electron chi connectivity index (χ2n) is 4.10. The zero-order chi connectivity index (χ0) is 15.2. The first-order valence-corrected chi connectivity index (χ1v) is 6.56. The number of rotatable bonds is 5. The third-order valence-corrected chi connectivity index (χ3v) is 3.02. The Bertz CT molecular complexity index is 645. The minimum atomic E-state index is -0.914. The first kappa shape index (κ1) is 15.6. The molecule has 0 spiro atoms. The Morgan fingerprint density at radius 2 is 2.14 bits per heavy atom. The van der Waals surface area contributed by atoms with Gasteiger partial charge in [0.2, 0.25) is 0 Å². The molecule has 0 radical (unpaired) electrons. The largest absolute Gasteiger partial charge is 0.298 e. The van der Waals surface area contributed by atoms with Crippen molar-refractivity contribution in [2.45, 2.75) is 0 Å². The van der Waals surface area contributed by atoms with Crippen molar-refractivity contribution in [1.82, 2.24) is 10.5 Å². The molecule has 2 rings (SSSR count). The topological polar surface area (TPSA) is 34.1 Å². The van der Waals surface area contributed by atoms with Gasteiger partial charge in [-0.05, 0) is 29.8 Å². The van der Waals surface area contributed by atoms with Crippen LogP contribution in [0.4, 0.5) is 8.78 Å². The highest BCUT2D eigenvalue weighted by atomic mass is 35.5. The van der Waals surface area contributed by atoms with Crippen LogP contribution in [0.5, 0.6) is 0 Å². The minimum Gasteiger partial charge on any atom is -0.298 e. The van der Waals surface area contributed by atoms with Crippen LogP contribution in [0.25, 0.3) is 5.57 Å². The van der Waals surface area contributed by atoms with Crippen molar-refractivity contribution in [2.24, 2.45) is 0 Å². The van der Waals surface area contributed by atoms with E-state index in [0.29, 0.717) is 16.3 Å². The van der Waals surface area contributed by atoms with Crippen molar-refractivity contribution in [1.29, 1.82) is 0 Å². The molecular formula is C15H13ClF2N2O. The Labute approximate surface area is 126 Å². The Morgan fingerprint density at radius 1 is 1.33 bits per heavy atom. The second-order valence-corrected chi connectivity index (χ2v) is 4.49. The normalized spacial score (nSPS) is 11.7. The van der Waals surface area contributed by atoms with Crippen LogP contribution in [-0.2, 0) is 4.84 Å². The first-order valence-electron chi connectivity index (χ1n) is 6.18. The van der Waals surface area contributed by atoms with E-state index in [-0.39, 0.29) is 12.2 Å². The van der Waals surface area contributed by atoms with Gasteiger partial charge in [-0.2, -0.15) is 0 Å². The summed E-state index contributed by atoms with van der Waals surface area (Å²) in [6, 6.07) is 7.29. The lowest BCUT2D eigenvalue weighted by Crippen LogP contribution is -2.07. The van der Waals surface area contributed by atoms with Gasteiger partial charge in [0.05, 0.1) is 6.61 Å². The average molecular weight is 311 g/mol. The highest BCUT2D eigenvalue weighted by Gasteiger charge is 2.14. The van der Waals surface area contributed by atoms with Crippen molar-refractivity contribution < 1.29 is 13.6 Å². The van der Waals surface area contributed by atoms with Gasteiger partial charge in [-0.15, -0.1) is 0 Å². The van der Waals surface area contributed by atoms with Crippen LogP contribution in [0, 0.1) is 11.6 Å². The fourth-order valence-electron chi connectivity index (χ4n) is 1.84. The molecule has 0 fully saturated rings. The molecular weight excluding hydrogens is 298 g/mol. The lowest BCUT2D eigenvalue weighted by Gasteiger charge is -2.10. The van der Waals surface area contributed by atoms with Crippen molar-refractivity contribution in [2.75, 3.05) is 13.7 Å². The van der Waals surface area contributed by atoms with E-state index >= 15 is 0 Å². The highest BCUT2D eigenvalue weighted by molar-refractivity contribution is 6.29. The monoisotopic (exact) mass is 310 g/mol. The van der Waals surface area contributed by atoms with Gasteiger partial charge >= 0.3 is 0 Å². The van der Waals surface area contributed by atoms with Gasteiger partial charge in [0.1, 0.15) is 5.15 Å². The van der Waals surface area contributed by atoms with E-state index in [9.17, 15) is 8.78 Å². The Morgan fingerprint density at radius 3 is 2.81 bits per heavy atom. The lowest BCUT2D eigenvalue weighted by molar-refractivity contribution is 0.0813. The number of hydrogen-bond donors (Lipinski definition) is 1. The van der Waals surface area contributed by atoms with Crippen LogP contribution < -0.4 is 5.48 Å². The quantitative estimate of drug-likeness (QED) is 0.520. The van der Waals surface area contributed by atoms with E-state index in [1.807, 2.05) is 0 Å². The fraction of sp³-hybridized carbons (Fsp3) is 0.133. The second kappa shape index (κ2) is 7.26. The van der Waals surface area contributed by atoms with Crippen molar-refractivity contribution in [3.8, 4) is 0 Å². The summed E-state index contributed by atoms with van der Waals surface area (Å²) in [5.41, 5.74) is 3.74. The number of aromatic nitrogens is 1. The van der Waals surface area contributed by atoms with Crippen LogP contribution in [0.3, 0.4) is 0 Å². The molecule has 3 nitrogen and oxygen atoms in total. The molecule has 6 heteroatoms. The number of hydroxylamine groups is 1. The summed E-state index contributed by atoms with van der Waals surface area (Å²) >= 11 is 5.75. The summed E-state index contributed by atoms with van der Waals surface area (Å²) in [6.07, 6.45) is 3.14. The standard InChI is InChI=1S/C15H13ClF2N2O/c1-19-21-8-7-11(10-5-6-14(16)20-9-10)12-3-2-4-13(17)15(12)18/h2-7,9,19H,8H2,1H3/b11-7-. The predicted octanol–water partition coefficient (Wildman–Crippen LogP) is 3.60. The van der Waals surface area contributed by atoms with Gasteiger partial charge in [0.25, 0.3) is 0 Å². The Kier molecular flexibility index (Phi) is 5.38. The molecule has 2 aromatic rings. The van der Waals surface area contributed by atoms with Crippen LogP contribution in [0.2, 0.25) is 5.15 Å². The molecule has 0 aliphatic heterocycles. The molecule has 0 amide bonds. The van der Waals surface area contributed by atoms with E-state index in [1.54, 1.807) is 25.3 Å². The Balaban J connectivity index is 2.48. The molecule has 110 valence electrons. The van der Waals surface area contributed by atoms with Gasteiger partial charge in [0.15, 0.2) is 11.6 Å². The molecule has 21 heavy (non-hydrogen) atoms. The number of nitrogens with zero attached hydrogens (tertiary/aromatic N) is 1. The molecule has 0 saturated heterocycles. The van der Waals surface area contributed by atoms with Gasteiger partial charge in [-0.3, -0.25) is 4.84 Å². The van der Waals surface area contributed by atoms with Gasteiger partial charge in [-0.1, -0.05) is 23.7 Å². The SMILES string of the molecule is CNOC/C=C(/c1ccc(Cl)nc1)c1cccc(F)c1F. The third-order valence-electron chi connectivity index (χ3n) is 2.80. The van der Waals surface area contributed by atoms with Gasteiger partial charge in [0, 0.05) is 24.4 Å². The summed E-state index contributed by atoms with van der Waals surface area (Å²) in [4.78, 5) is 8.97. The molecule has 0 atom stereocenters. The zero-order valence-electron chi connectivity index (χ0n) is 11.2. The summed E-state index contributed by atoms with van der Waals surface area (Å²) in [7, 11) is 1.61. The first-order chi connectivity index (χ1) is 10.1. The zero-order valence-corrected chi connectivity index (χ0v) is 12.0. The third kappa shape index (κ3) is 3.85. The van der Waals surface area contributed by atoms with Gasteiger partial charge < -0.3 is 0 Å². The van der Waals surface area contributed by atoms with E-state index in [1.165, 1.54) is 18.3 Å². The fourth-order valence-corrected chi connectivity index (χ4v) is 1.95. The number of hydrogen-bond acceptors (Lipinski definition) is 3. The molecule has 0 unspecified atom stereocenters. The van der Waals surface area contributed by atoms with E-state index in [4.69, 9.17) is 16.4 Å². The average Bonchev–Trinajstić information content (AvgIpc) is 2.48. The van der Waals surface area contributed by atoms with Gasteiger partial charge in [-0.25, -0.2) is 19.2 Å². The minimum absolute atomic E-state index is 0.138. The summed E-state index contributed by atoms with van der Waals surface area (Å²) in [5.74, 6) is -1.82. The number of pyridine rings is 1. The van der Waals surface area contributed by atoms with Crippen LogP contribution in [0.15, 0.2) is 42.6 Å². The maximum Gasteiger partial charge on any atom is 0.166 e. The van der Waals surface area contributed by atoms with Crippen LogP contribution in [0.1, 0.15) is 11.1 Å². The van der Waals surface area contributed by atoms with Crippen LogP contribution >= 0.6 is 11.6 Å². The van der Waals surface area contributed by atoms with E-state index in [2.05, 4.69) is 10.5 Å². The predicted molar refractivity (Wildman–Crippen MR) is 77.7 cm³/mol. The molecule has 0 aliphatic carbocycles. The summed E-state index contributed by atoms with van der Waals surface area (Å²) < 4.78 is 27.4. The van der Waals surface area contributed by atoms with E-state index < -0.39 is 11.6 Å². The van der Waals surface area contributed by atoms with Crippen molar-refractivity contribution in [3.05, 3.63) is 70.5 Å². The number of halogens is 3. The molecule has 0 bridgehead atoms. The molecule has 1 heterocycles. The molecule has 1 aromatic carbocycles. The Hall–Kier alpha value is -1.82. The smallest absolute Gasteiger partial charge is 0.166 e. The molecule has 0 aliphatic rings. The molecule has 1 N–H and O–H groups in total. The number of benzene rings is 1. The molecule has 0 saturated carbocycles. The van der Waals surface area contributed by atoms with E-state index in [0.717, 1.165) is 6.07 Å². The maximum atomic E-state index is 14.0. The summed E-state index contributed by atoms with van der Waals surface area (Å²) in [5, 5.41) is 0.323. The number of nitrogens with one attached hydrogen (secondary N) is 1. The summed E-state index contributed by atoms with van der Waals surface area (Å²) in [6.45, 7) is 0.185. The van der Waals surface area contributed by atoms with Crippen LogP contribution in [-0.4, -0.2) is 18.6 Å². The highest BCUT2D eigenvalue weighted by Crippen LogP contribution is 2.27. The van der Waals surface area contributed by atoms with Crippen molar-refractivity contribution in [3.63, 3.8) is 0 Å². The lowest BCUT2D eigenvalue weighted by atomic mass is 9.98. The maximum absolute atomic E-state index is 14.0.